The number of nitrogens with one attached hydrogen (secondary N) is 1. The quantitative estimate of drug-likeness (QED) is 0.628. The summed E-state index contributed by atoms with van der Waals surface area (Å²) in [6.07, 6.45) is 2.20. The molecule has 0 atom stereocenters. The Bertz CT molecular complexity index is 855. The number of piperidine rings is 1. The van der Waals surface area contributed by atoms with E-state index < -0.39 is 0 Å². The van der Waals surface area contributed by atoms with E-state index in [2.05, 4.69) is 52.5 Å². The molecule has 31 heavy (non-hydrogen) atoms. The van der Waals surface area contributed by atoms with Gasteiger partial charge < -0.3 is 19.7 Å². The highest BCUT2D eigenvalue weighted by Crippen LogP contribution is 2.35. The minimum absolute atomic E-state index is 0.0673. The summed E-state index contributed by atoms with van der Waals surface area (Å²) in [5, 5.41) is 3.37. The molecular formula is C24H32ClN3O3. The lowest BCUT2D eigenvalue weighted by Crippen LogP contribution is -2.41. The van der Waals surface area contributed by atoms with E-state index in [4.69, 9.17) is 21.1 Å². The van der Waals surface area contributed by atoms with Gasteiger partial charge in [-0.1, -0.05) is 41.9 Å². The monoisotopic (exact) mass is 445 g/mol. The molecule has 0 aromatic heterocycles. The molecule has 1 aliphatic heterocycles. The molecule has 168 valence electrons. The Hall–Kier alpha value is -2.28. The van der Waals surface area contributed by atoms with Gasteiger partial charge in [0, 0.05) is 25.2 Å². The molecule has 1 amide bonds. The number of methoxy groups -OCH3 is 2. The van der Waals surface area contributed by atoms with Gasteiger partial charge in [-0.25, -0.2) is 0 Å². The molecule has 3 rings (SSSR count). The Kier molecular flexibility index (Phi) is 8.58. The van der Waals surface area contributed by atoms with Gasteiger partial charge in [-0.2, -0.15) is 0 Å². The number of ether oxygens (including phenoxy) is 2. The van der Waals surface area contributed by atoms with Crippen LogP contribution in [0.15, 0.2) is 42.5 Å². The van der Waals surface area contributed by atoms with E-state index in [1.165, 1.54) is 5.56 Å². The van der Waals surface area contributed by atoms with Crippen molar-refractivity contribution in [3.63, 3.8) is 0 Å². The molecule has 0 unspecified atom stereocenters. The molecule has 1 N–H and O–H groups in total. The molecule has 0 bridgehead atoms. The highest BCUT2D eigenvalue weighted by molar-refractivity contribution is 6.32. The Morgan fingerprint density at radius 2 is 1.81 bits per heavy atom. The lowest BCUT2D eigenvalue weighted by atomic mass is 9.96. The summed E-state index contributed by atoms with van der Waals surface area (Å²) in [4.78, 5) is 17.2. The second kappa shape index (κ2) is 11.4. The van der Waals surface area contributed by atoms with Crippen molar-refractivity contribution in [3.8, 4) is 11.5 Å². The highest BCUT2D eigenvalue weighted by Gasteiger charge is 2.22. The standard InChI is InChI=1S/C24H32ClN3O3/c1-27(15-18-7-5-4-6-8-18)16-19-9-11-28(12-10-19)17-24(29)26-21-14-22(30-2)20(25)13-23(21)31-3/h4-8,13-14,19H,9-12,15-17H2,1-3H3,(H,26,29). The molecule has 0 saturated carbocycles. The van der Waals surface area contributed by atoms with Crippen LogP contribution < -0.4 is 14.8 Å². The molecule has 1 heterocycles. The van der Waals surface area contributed by atoms with Crippen LogP contribution in [0.1, 0.15) is 18.4 Å². The minimum Gasteiger partial charge on any atom is -0.495 e. The topological polar surface area (TPSA) is 54.0 Å². The van der Waals surface area contributed by atoms with Crippen LogP contribution in [-0.4, -0.2) is 63.2 Å². The van der Waals surface area contributed by atoms with E-state index in [0.717, 1.165) is 39.0 Å². The molecule has 1 fully saturated rings. The Labute approximate surface area is 190 Å². The van der Waals surface area contributed by atoms with Crippen LogP contribution in [0.25, 0.3) is 0 Å². The van der Waals surface area contributed by atoms with Crippen LogP contribution in [0.3, 0.4) is 0 Å². The van der Waals surface area contributed by atoms with Gasteiger partial charge >= 0.3 is 0 Å². The number of anilines is 1. The van der Waals surface area contributed by atoms with Gasteiger partial charge in [0.25, 0.3) is 0 Å². The van der Waals surface area contributed by atoms with Crippen LogP contribution in [0.5, 0.6) is 11.5 Å². The summed E-state index contributed by atoms with van der Waals surface area (Å²) < 4.78 is 10.6. The largest absolute Gasteiger partial charge is 0.495 e. The van der Waals surface area contributed by atoms with Gasteiger partial charge in [-0.15, -0.1) is 0 Å². The number of halogens is 1. The number of likely N-dealkylation sites (tertiary alicyclic amines) is 1. The number of carbonyl (C=O) groups is 1. The van der Waals surface area contributed by atoms with E-state index in [1.54, 1.807) is 26.4 Å². The van der Waals surface area contributed by atoms with E-state index in [0.29, 0.717) is 34.7 Å². The van der Waals surface area contributed by atoms with Crippen LogP contribution in [-0.2, 0) is 11.3 Å². The summed E-state index contributed by atoms with van der Waals surface area (Å²) in [6.45, 7) is 4.27. The van der Waals surface area contributed by atoms with Crippen LogP contribution in [0.4, 0.5) is 5.69 Å². The number of hydrogen-bond acceptors (Lipinski definition) is 5. The zero-order valence-electron chi connectivity index (χ0n) is 18.6. The van der Waals surface area contributed by atoms with Crippen molar-refractivity contribution >= 4 is 23.2 Å². The third-order valence-corrected chi connectivity index (χ3v) is 5.98. The first kappa shape index (κ1) is 23.4. The fourth-order valence-electron chi connectivity index (χ4n) is 4.08. The first-order valence-corrected chi connectivity index (χ1v) is 11.0. The summed E-state index contributed by atoms with van der Waals surface area (Å²) in [6, 6.07) is 13.9. The lowest BCUT2D eigenvalue weighted by molar-refractivity contribution is -0.117. The van der Waals surface area contributed by atoms with E-state index in [1.807, 2.05) is 0 Å². The maximum atomic E-state index is 12.6. The number of benzene rings is 2. The predicted molar refractivity (Wildman–Crippen MR) is 125 cm³/mol. The number of amides is 1. The second-order valence-electron chi connectivity index (χ2n) is 8.14. The molecule has 1 aliphatic rings. The molecule has 0 aliphatic carbocycles. The van der Waals surface area contributed by atoms with E-state index in [9.17, 15) is 4.79 Å². The van der Waals surface area contributed by atoms with Gasteiger partial charge in [-0.3, -0.25) is 9.69 Å². The van der Waals surface area contributed by atoms with E-state index in [-0.39, 0.29) is 5.91 Å². The van der Waals surface area contributed by atoms with Crippen LogP contribution in [0.2, 0.25) is 5.02 Å². The number of rotatable bonds is 9. The average molecular weight is 446 g/mol. The number of nitrogens with zero attached hydrogens (tertiary/aromatic N) is 2. The third-order valence-electron chi connectivity index (χ3n) is 5.69. The third kappa shape index (κ3) is 6.86. The van der Waals surface area contributed by atoms with Crippen molar-refractivity contribution in [1.82, 2.24) is 9.80 Å². The van der Waals surface area contributed by atoms with Gasteiger partial charge in [0.2, 0.25) is 5.91 Å². The Morgan fingerprint density at radius 1 is 1.13 bits per heavy atom. The Balaban J connectivity index is 1.45. The number of hydrogen-bond donors (Lipinski definition) is 1. The Morgan fingerprint density at radius 3 is 2.45 bits per heavy atom. The lowest BCUT2D eigenvalue weighted by Gasteiger charge is -2.33. The highest BCUT2D eigenvalue weighted by atomic mass is 35.5. The van der Waals surface area contributed by atoms with Crippen molar-refractivity contribution in [2.24, 2.45) is 5.92 Å². The summed E-state index contributed by atoms with van der Waals surface area (Å²) in [5.41, 5.74) is 1.90. The van der Waals surface area contributed by atoms with Gasteiger partial charge in [0.15, 0.2) is 0 Å². The molecule has 0 radical (unpaired) electrons. The zero-order chi connectivity index (χ0) is 22.2. The SMILES string of the molecule is COc1cc(NC(=O)CN2CCC(CN(C)Cc3ccccc3)CC2)c(OC)cc1Cl. The average Bonchev–Trinajstić information content (AvgIpc) is 2.76. The zero-order valence-corrected chi connectivity index (χ0v) is 19.3. The smallest absolute Gasteiger partial charge is 0.238 e. The predicted octanol–water partition coefficient (Wildman–Crippen LogP) is 4.14. The molecule has 2 aromatic rings. The molecule has 0 spiro atoms. The summed E-state index contributed by atoms with van der Waals surface area (Å²) in [7, 11) is 5.27. The first-order chi connectivity index (χ1) is 15.0. The summed E-state index contributed by atoms with van der Waals surface area (Å²) in [5.74, 6) is 1.61. The molecule has 7 heteroatoms. The van der Waals surface area contributed by atoms with Crippen molar-refractivity contribution in [2.45, 2.75) is 19.4 Å². The van der Waals surface area contributed by atoms with Crippen molar-refractivity contribution in [1.29, 1.82) is 0 Å². The normalized spacial score (nSPS) is 15.1. The second-order valence-corrected chi connectivity index (χ2v) is 8.54. The molecular weight excluding hydrogens is 414 g/mol. The van der Waals surface area contributed by atoms with E-state index >= 15 is 0 Å². The summed E-state index contributed by atoms with van der Waals surface area (Å²) >= 11 is 6.14. The van der Waals surface area contributed by atoms with Gasteiger partial charge in [-0.05, 0) is 44.5 Å². The molecule has 2 aromatic carbocycles. The van der Waals surface area contributed by atoms with Crippen LogP contribution in [0, 0.1) is 5.92 Å². The fraction of sp³-hybridized carbons (Fsp3) is 0.458. The van der Waals surface area contributed by atoms with Crippen LogP contribution >= 0.6 is 11.6 Å². The minimum atomic E-state index is -0.0673. The van der Waals surface area contributed by atoms with Crippen molar-refractivity contribution in [3.05, 3.63) is 53.1 Å². The maximum absolute atomic E-state index is 12.6. The van der Waals surface area contributed by atoms with Gasteiger partial charge in [0.05, 0.1) is 31.5 Å². The van der Waals surface area contributed by atoms with Crippen molar-refractivity contribution < 1.29 is 14.3 Å². The van der Waals surface area contributed by atoms with Crippen molar-refractivity contribution in [2.75, 3.05) is 52.8 Å². The maximum Gasteiger partial charge on any atom is 0.238 e. The molecule has 6 nitrogen and oxygen atoms in total. The fourth-order valence-corrected chi connectivity index (χ4v) is 4.31. The first-order valence-electron chi connectivity index (χ1n) is 10.6. The molecule has 1 saturated heterocycles. The van der Waals surface area contributed by atoms with Gasteiger partial charge in [0.1, 0.15) is 11.5 Å². The number of carbonyl (C=O) groups excluding carboxylic acids is 1.